The zero-order chi connectivity index (χ0) is 17.4. The van der Waals surface area contributed by atoms with E-state index in [0.29, 0.717) is 11.5 Å². The maximum atomic E-state index is 12.3. The van der Waals surface area contributed by atoms with Gasteiger partial charge in [0.2, 0.25) is 0 Å². The number of hydrogen-bond acceptors (Lipinski definition) is 5. The maximum absolute atomic E-state index is 12.3. The molecule has 0 aromatic heterocycles. The number of aryl methyl sites for hydroxylation is 2. The van der Waals surface area contributed by atoms with E-state index in [4.69, 9.17) is 13.7 Å². The van der Waals surface area contributed by atoms with Crippen molar-refractivity contribution in [3.63, 3.8) is 0 Å². The molecule has 0 bridgehead atoms. The molecule has 128 valence electrons. The zero-order valence-corrected chi connectivity index (χ0v) is 14.7. The second-order valence-corrected chi connectivity index (χ2v) is 7.94. The minimum Gasteiger partial charge on any atom is -0.485 e. The average molecular weight is 348 g/mol. The smallest absolute Gasteiger partial charge is 0.297 e. The molecular formula is C18H20O5S. The van der Waals surface area contributed by atoms with Gasteiger partial charge < -0.3 is 9.47 Å². The highest BCUT2D eigenvalue weighted by molar-refractivity contribution is 7.86. The Hall–Kier alpha value is -2.05. The van der Waals surface area contributed by atoms with Crippen LogP contribution >= 0.6 is 0 Å². The van der Waals surface area contributed by atoms with Crippen molar-refractivity contribution in [2.45, 2.75) is 31.3 Å². The van der Waals surface area contributed by atoms with E-state index in [0.717, 1.165) is 11.1 Å². The summed E-state index contributed by atoms with van der Waals surface area (Å²) >= 11 is 0. The summed E-state index contributed by atoms with van der Waals surface area (Å²) in [5.41, 5.74) is 1.18. The fourth-order valence-electron chi connectivity index (χ4n) is 2.38. The van der Waals surface area contributed by atoms with E-state index < -0.39 is 15.7 Å². The Morgan fingerprint density at radius 2 is 1.71 bits per heavy atom. The Balaban J connectivity index is 1.72. The Morgan fingerprint density at radius 3 is 2.42 bits per heavy atom. The molecule has 0 aliphatic carbocycles. The maximum Gasteiger partial charge on any atom is 0.297 e. The van der Waals surface area contributed by atoms with Gasteiger partial charge in [0.1, 0.15) is 13.2 Å². The molecule has 6 heteroatoms. The van der Waals surface area contributed by atoms with E-state index in [-0.39, 0.29) is 18.1 Å². The molecule has 1 atom stereocenters. The van der Waals surface area contributed by atoms with E-state index in [1.807, 2.05) is 32.0 Å². The number of hydrogen-bond donors (Lipinski definition) is 0. The minimum atomic E-state index is -3.83. The third-order valence-electron chi connectivity index (χ3n) is 3.82. The highest BCUT2D eigenvalue weighted by Gasteiger charge is 2.35. The lowest BCUT2D eigenvalue weighted by Gasteiger charge is -2.35. The van der Waals surface area contributed by atoms with E-state index in [2.05, 4.69) is 0 Å². The summed E-state index contributed by atoms with van der Waals surface area (Å²) in [5.74, 6) is 1.25. The molecule has 1 aliphatic rings. The van der Waals surface area contributed by atoms with Crippen LogP contribution in [0.2, 0.25) is 0 Å². The largest absolute Gasteiger partial charge is 0.485 e. The molecule has 0 saturated heterocycles. The number of fused-ring (bicyclic) bond motifs is 1. The van der Waals surface area contributed by atoms with Crippen LogP contribution in [0.4, 0.5) is 0 Å². The summed E-state index contributed by atoms with van der Waals surface area (Å²) < 4.78 is 41.4. The first kappa shape index (κ1) is 16.8. The van der Waals surface area contributed by atoms with Crippen molar-refractivity contribution in [2.24, 2.45) is 0 Å². The minimum absolute atomic E-state index is 0.128. The van der Waals surface area contributed by atoms with Gasteiger partial charge in [-0.1, -0.05) is 23.8 Å². The topological polar surface area (TPSA) is 61.8 Å². The highest BCUT2D eigenvalue weighted by atomic mass is 32.2. The molecule has 5 nitrogen and oxygen atoms in total. The van der Waals surface area contributed by atoms with E-state index >= 15 is 0 Å². The van der Waals surface area contributed by atoms with Crippen LogP contribution in [0.15, 0.2) is 47.4 Å². The first-order valence-corrected chi connectivity index (χ1v) is 9.07. The van der Waals surface area contributed by atoms with Gasteiger partial charge in [0.25, 0.3) is 10.1 Å². The number of benzene rings is 2. The third-order valence-corrected chi connectivity index (χ3v) is 5.10. The van der Waals surface area contributed by atoms with Crippen molar-refractivity contribution in [1.82, 2.24) is 0 Å². The molecule has 0 N–H and O–H groups in total. The van der Waals surface area contributed by atoms with Crippen LogP contribution in [-0.4, -0.2) is 27.2 Å². The van der Waals surface area contributed by atoms with Crippen LogP contribution in [-0.2, 0) is 14.3 Å². The molecule has 0 amide bonds. The molecule has 1 unspecified atom stereocenters. The van der Waals surface area contributed by atoms with Crippen molar-refractivity contribution in [3.05, 3.63) is 53.6 Å². The molecular weight excluding hydrogens is 328 g/mol. The second kappa shape index (κ2) is 6.11. The predicted molar refractivity (Wildman–Crippen MR) is 90.0 cm³/mol. The average Bonchev–Trinajstić information content (AvgIpc) is 2.54. The monoisotopic (exact) mass is 348 g/mol. The van der Waals surface area contributed by atoms with Gasteiger partial charge in [-0.2, -0.15) is 8.42 Å². The summed E-state index contributed by atoms with van der Waals surface area (Å²) in [4.78, 5) is 0.129. The number of rotatable bonds is 4. The fourth-order valence-corrected chi connectivity index (χ4v) is 3.39. The van der Waals surface area contributed by atoms with Crippen molar-refractivity contribution < 1.29 is 22.1 Å². The lowest BCUT2D eigenvalue weighted by molar-refractivity contribution is -0.0250. The van der Waals surface area contributed by atoms with Crippen LogP contribution in [0.3, 0.4) is 0 Å². The SMILES string of the molecule is Cc1ccc(S(=O)(=O)OCC2(C)COc3cc(C)ccc3O2)cc1. The van der Waals surface area contributed by atoms with Gasteiger partial charge in [-0.25, -0.2) is 0 Å². The quantitative estimate of drug-likeness (QED) is 0.794. The van der Waals surface area contributed by atoms with Gasteiger partial charge in [0.15, 0.2) is 17.1 Å². The molecule has 0 saturated carbocycles. The lowest BCUT2D eigenvalue weighted by Crippen LogP contribution is -2.46. The van der Waals surface area contributed by atoms with Crippen LogP contribution in [0.5, 0.6) is 11.5 Å². The number of ether oxygens (including phenoxy) is 2. The van der Waals surface area contributed by atoms with Crippen LogP contribution in [0.1, 0.15) is 18.1 Å². The molecule has 24 heavy (non-hydrogen) atoms. The third kappa shape index (κ3) is 3.55. The van der Waals surface area contributed by atoms with Gasteiger partial charge in [-0.05, 0) is 50.6 Å². The summed E-state index contributed by atoms with van der Waals surface area (Å²) in [5, 5.41) is 0. The molecule has 2 aromatic rings. The van der Waals surface area contributed by atoms with Crippen LogP contribution in [0.25, 0.3) is 0 Å². The Morgan fingerprint density at radius 1 is 1.04 bits per heavy atom. The molecule has 1 heterocycles. The molecule has 1 aliphatic heterocycles. The summed E-state index contributed by atoms with van der Waals surface area (Å²) in [6, 6.07) is 12.1. The summed E-state index contributed by atoms with van der Waals surface area (Å²) in [6.07, 6.45) is 0. The Labute approximate surface area is 142 Å². The Bertz CT molecular complexity index is 842. The second-order valence-electron chi connectivity index (χ2n) is 6.32. The Kier molecular flexibility index (Phi) is 4.27. The van der Waals surface area contributed by atoms with Crippen LogP contribution < -0.4 is 9.47 Å². The van der Waals surface area contributed by atoms with Gasteiger partial charge in [0, 0.05) is 0 Å². The molecule has 3 rings (SSSR count). The van der Waals surface area contributed by atoms with Crippen molar-refractivity contribution in [3.8, 4) is 11.5 Å². The molecule has 2 aromatic carbocycles. The fraction of sp³-hybridized carbons (Fsp3) is 0.333. The molecule has 0 fully saturated rings. The normalized spacial score (nSPS) is 20.0. The van der Waals surface area contributed by atoms with Crippen molar-refractivity contribution >= 4 is 10.1 Å². The summed E-state index contributed by atoms with van der Waals surface area (Å²) in [6.45, 7) is 5.71. The first-order chi connectivity index (χ1) is 11.3. The summed E-state index contributed by atoms with van der Waals surface area (Å²) in [7, 11) is -3.83. The highest BCUT2D eigenvalue weighted by Crippen LogP contribution is 2.36. The van der Waals surface area contributed by atoms with E-state index in [1.54, 1.807) is 19.1 Å². The van der Waals surface area contributed by atoms with Crippen LogP contribution in [0, 0.1) is 13.8 Å². The predicted octanol–water partition coefficient (Wildman–Crippen LogP) is 3.24. The van der Waals surface area contributed by atoms with E-state index in [9.17, 15) is 8.42 Å². The van der Waals surface area contributed by atoms with Crippen molar-refractivity contribution in [2.75, 3.05) is 13.2 Å². The van der Waals surface area contributed by atoms with Crippen molar-refractivity contribution in [1.29, 1.82) is 0 Å². The molecule has 0 spiro atoms. The van der Waals surface area contributed by atoms with Gasteiger partial charge in [-0.3, -0.25) is 4.18 Å². The first-order valence-electron chi connectivity index (χ1n) is 7.66. The standard InChI is InChI=1S/C18H20O5S/c1-13-4-7-15(8-5-13)24(19,20)22-12-18(3)11-21-17-10-14(2)6-9-16(17)23-18/h4-10H,11-12H2,1-3H3. The van der Waals surface area contributed by atoms with E-state index in [1.165, 1.54) is 12.1 Å². The van der Waals surface area contributed by atoms with Gasteiger partial charge in [0.05, 0.1) is 4.90 Å². The van der Waals surface area contributed by atoms with Gasteiger partial charge in [-0.15, -0.1) is 0 Å². The van der Waals surface area contributed by atoms with Gasteiger partial charge >= 0.3 is 0 Å². The molecule has 0 radical (unpaired) electrons. The lowest BCUT2D eigenvalue weighted by atomic mass is 10.1. The zero-order valence-electron chi connectivity index (χ0n) is 13.9.